The number of thiazole rings is 1. The molecule has 0 saturated heterocycles. The van der Waals surface area contributed by atoms with Crippen LogP contribution in [0.4, 0.5) is 0 Å². The second-order valence-corrected chi connectivity index (χ2v) is 8.59. The van der Waals surface area contributed by atoms with Crippen molar-refractivity contribution in [1.82, 2.24) is 4.68 Å². The van der Waals surface area contributed by atoms with E-state index in [9.17, 15) is 0 Å². The molecular weight excluding hydrogens is 346 g/mol. The number of hydrogen-bond donors (Lipinski definition) is 0. The summed E-state index contributed by atoms with van der Waals surface area (Å²) in [7, 11) is 0. The van der Waals surface area contributed by atoms with Crippen LogP contribution in [0, 0.1) is 20.8 Å². The fourth-order valence-electron chi connectivity index (χ4n) is 2.46. The van der Waals surface area contributed by atoms with Gasteiger partial charge in [-0.05, 0) is 63.9 Å². The SMILES string of the molecule is Cc1ccc(/C=N/n2c(-c3ccc(C)c(C)c3)csc2=NC(C)C)s1. The van der Waals surface area contributed by atoms with Crippen molar-refractivity contribution in [3.63, 3.8) is 0 Å². The molecule has 3 nitrogen and oxygen atoms in total. The van der Waals surface area contributed by atoms with Crippen molar-refractivity contribution in [2.75, 3.05) is 0 Å². The van der Waals surface area contributed by atoms with E-state index in [0.29, 0.717) is 0 Å². The third-order valence-electron chi connectivity index (χ3n) is 3.92. The lowest BCUT2D eigenvalue weighted by atomic mass is 10.1. The number of benzene rings is 1. The summed E-state index contributed by atoms with van der Waals surface area (Å²) in [5.74, 6) is 0. The maximum atomic E-state index is 4.75. The molecule has 0 amide bonds. The Hall–Kier alpha value is -1.98. The van der Waals surface area contributed by atoms with Gasteiger partial charge in [0.1, 0.15) is 0 Å². The molecule has 0 aliphatic carbocycles. The lowest BCUT2D eigenvalue weighted by Gasteiger charge is -2.06. The van der Waals surface area contributed by atoms with Crippen molar-refractivity contribution < 1.29 is 0 Å². The fourth-order valence-corrected chi connectivity index (χ4v) is 4.17. The van der Waals surface area contributed by atoms with Gasteiger partial charge in [0.25, 0.3) is 0 Å². The summed E-state index contributed by atoms with van der Waals surface area (Å²) in [6, 6.07) is 11.0. The maximum absolute atomic E-state index is 4.75. The van der Waals surface area contributed by atoms with Crippen LogP contribution in [-0.4, -0.2) is 16.9 Å². The summed E-state index contributed by atoms with van der Waals surface area (Å²) in [5.41, 5.74) is 4.84. The standard InChI is InChI=1S/C20H23N3S2/c1-13(2)22-20-23(21-11-18-9-7-16(5)25-18)19(12-24-20)17-8-6-14(3)15(4)10-17/h6-13H,1-5H3/b21-11+,22-20?. The smallest absolute Gasteiger partial charge is 0.206 e. The third kappa shape index (κ3) is 4.17. The summed E-state index contributed by atoms with van der Waals surface area (Å²) >= 11 is 3.38. The first-order valence-corrected chi connectivity index (χ1v) is 10.1. The highest BCUT2D eigenvalue weighted by atomic mass is 32.1. The molecule has 0 atom stereocenters. The number of thiophene rings is 1. The minimum Gasteiger partial charge on any atom is -0.255 e. The normalized spacial score (nSPS) is 12.6. The Bertz CT molecular complexity index is 971. The van der Waals surface area contributed by atoms with Crippen molar-refractivity contribution in [3.05, 3.63) is 61.4 Å². The summed E-state index contributed by atoms with van der Waals surface area (Å²) in [5, 5.41) is 6.89. The highest BCUT2D eigenvalue weighted by molar-refractivity contribution is 7.13. The van der Waals surface area contributed by atoms with Crippen molar-refractivity contribution in [3.8, 4) is 11.3 Å². The van der Waals surface area contributed by atoms with Crippen molar-refractivity contribution in [1.29, 1.82) is 0 Å². The Morgan fingerprint density at radius 1 is 1.04 bits per heavy atom. The predicted molar refractivity (Wildman–Crippen MR) is 110 cm³/mol. The Morgan fingerprint density at radius 3 is 2.48 bits per heavy atom. The average molecular weight is 370 g/mol. The van der Waals surface area contributed by atoms with Gasteiger partial charge in [0.15, 0.2) is 0 Å². The van der Waals surface area contributed by atoms with Gasteiger partial charge in [-0.1, -0.05) is 12.1 Å². The van der Waals surface area contributed by atoms with E-state index in [1.165, 1.54) is 21.6 Å². The molecule has 0 saturated carbocycles. The van der Waals surface area contributed by atoms with Crippen LogP contribution >= 0.6 is 22.7 Å². The van der Waals surface area contributed by atoms with E-state index < -0.39 is 0 Å². The summed E-state index contributed by atoms with van der Waals surface area (Å²) in [4.78, 5) is 8.10. The first kappa shape index (κ1) is 17.8. The lowest BCUT2D eigenvalue weighted by Crippen LogP contribution is -2.14. The largest absolute Gasteiger partial charge is 0.255 e. The molecule has 25 heavy (non-hydrogen) atoms. The van der Waals surface area contributed by atoms with E-state index in [0.717, 1.165) is 15.4 Å². The summed E-state index contributed by atoms with van der Waals surface area (Å²) in [6.07, 6.45) is 1.92. The molecule has 2 heterocycles. The van der Waals surface area contributed by atoms with Crippen LogP contribution < -0.4 is 4.80 Å². The fraction of sp³-hybridized carbons (Fsp3) is 0.300. The Balaban J connectivity index is 2.11. The first-order chi connectivity index (χ1) is 11.9. The minimum atomic E-state index is 0.233. The van der Waals surface area contributed by atoms with E-state index in [4.69, 9.17) is 10.1 Å². The van der Waals surface area contributed by atoms with Gasteiger partial charge in [-0.25, -0.2) is 4.68 Å². The predicted octanol–water partition coefficient (Wildman–Crippen LogP) is 5.39. The molecule has 0 bridgehead atoms. The second kappa shape index (κ2) is 7.50. The van der Waals surface area contributed by atoms with Crippen LogP contribution in [0.2, 0.25) is 0 Å². The molecule has 0 radical (unpaired) electrons. The molecule has 3 rings (SSSR count). The van der Waals surface area contributed by atoms with Gasteiger partial charge in [0.05, 0.1) is 11.9 Å². The van der Waals surface area contributed by atoms with Gasteiger partial charge in [-0.15, -0.1) is 22.7 Å². The maximum Gasteiger partial charge on any atom is 0.206 e. The van der Waals surface area contributed by atoms with Crippen LogP contribution in [0.1, 0.15) is 34.7 Å². The van der Waals surface area contributed by atoms with Crippen LogP contribution in [0.5, 0.6) is 0 Å². The molecule has 0 fully saturated rings. The topological polar surface area (TPSA) is 29.6 Å². The van der Waals surface area contributed by atoms with Gasteiger partial charge in [0.2, 0.25) is 4.80 Å². The summed E-state index contributed by atoms with van der Waals surface area (Å²) < 4.78 is 1.96. The molecule has 1 aromatic carbocycles. The zero-order chi connectivity index (χ0) is 18.0. The number of rotatable bonds is 4. The van der Waals surface area contributed by atoms with Crippen molar-refractivity contribution >= 4 is 28.9 Å². The number of aromatic nitrogens is 1. The average Bonchev–Trinajstić information content (AvgIpc) is 3.14. The molecule has 3 aromatic rings. The molecule has 0 aliphatic rings. The highest BCUT2D eigenvalue weighted by Gasteiger charge is 2.09. The Labute approximate surface area is 157 Å². The Kier molecular flexibility index (Phi) is 5.35. The van der Waals surface area contributed by atoms with Crippen LogP contribution in [-0.2, 0) is 0 Å². The van der Waals surface area contributed by atoms with E-state index in [1.807, 2.05) is 10.9 Å². The van der Waals surface area contributed by atoms with Gasteiger partial charge in [0, 0.05) is 26.7 Å². The molecule has 0 unspecified atom stereocenters. The number of hydrogen-bond acceptors (Lipinski definition) is 4. The van der Waals surface area contributed by atoms with Gasteiger partial charge in [-0.2, -0.15) is 5.10 Å². The molecule has 0 aliphatic heterocycles. The minimum absolute atomic E-state index is 0.233. The van der Waals surface area contributed by atoms with Gasteiger partial charge in [-0.3, -0.25) is 4.99 Å². The third-order valence-corrected chi connectivity index (χ3v) is 5.68. The number of aryl methyl sites for hydroxylation is 3. The van der Waals surface area contributed by atoms with Gasteiger partial charge >= 0.3 is 0 Å². The van der Waals surface area contributed by atoms with E-state index >= 15 is 0 Å². The van der Waals surface area contributed by atoms with E-state index in [1.54, 1.807) is 22.7 Å². The quantitative estimate of drug-likeness (QED) is 0.552. The van der Waals surface area contributed by atoms with Crippen LogP contribution in [0.15, 0.2) is 45.8 Å². The van der Waals surface area contributed by atoms with Crippen molar-refractivity contribution in [2.45, 2.75) is 40.7 Å². The second-order valence-electron chi connectivity index (χ2n) is 6.43. The van der Waals surface area contributed by atoms with E-state index in [-0.39, 0.29) is 6.04 Å². The van der Waals surface area contributed by atoms with Gasteiger partial charge < -0.3 is 0 Å². The Morgan fingerprint density at radius 2 is 1.84 bits per heavy atom. The van der Waals surface area contributed by atoms with Crippen LogP contribution in [0.25, 0.3) is 11.3 Å². The first-order valence-electron chi connectivity index (χ1n) is 8.37. The number of nitrogens with zero attached hydrogens (tertiary/aromatic N) is 3. The molecule has 0 spiro atoms. The summed E-state index contributed by atoms with van der Waals surface area (Å²) in [6.45, 7) is 10.6. The molecular formula is C20H23N3S2. The highest BCUT2D eigenvalue weighted by Crippen LogP contribution is 2.23. The van der Waals surface area contributed by atoms with Crippen molar-refractivity contribution in [2.24, 2.45) is 10.1 Å². The van der Waals surface area contributed by atoms with Crippen LogP contribution in [0.3, 0.4) is 0 Å². The monoisotopic (exact) mass is 369 g/mol. The molecule has 130 valence electrons. The zero-order valence-corrected chi connectivity index (χ0v) is 16.9. The molecule has 0 N–H and O–H groups in total. The molecule has 2 aromatic heterocycles. The lowest BCUT2D eigenvalue weighted by molar-refractivity contribution is 0.755. The van der Waals surface area contributed by atoms with E-state index in [2.05, 4.69) is 70.3 Å². The zero-order valence-electron chi connectivity index (χ0n) is 15.3. The molecule has 5 heteroatoms.